The molecule has 0 atom stereocenters. The lowest BCUT2D eigenvalue weighted by molar-refractivity contribution is 0.0963. The van der Waals surface area contributed by atoms with Crippen molar-refractivity contribution >= 4 is 35.8 Å². The fourth-order valence-corrected chi connectivity index (χ4v) is 2.57. The van der Waals surface area contributed by atoms with Crippen LogP contribution in [-0.2, 0) is 13.0 Å². The van der Waals surface area contributed by atoms with E-state index in [-0.39, 0.29) is 35.6 Å². The molecule has 0 spiro atoms. The van der Waals surface area contributed by atoms with Crippen LogP contribution in [-0.4, -0.2) is 44.7 Å². The molecule has 2 aromatic carbocycles. The molecule has 4 N–H and O–H groups in total. The summed E-state index contributed by atoms with van der Waals surface area (Å²) in [5.74, 6) is 1.41. The summed E-state index contributed by atoms with van der Waals surface area (Å²) in [4.78, 5) is 15.9. The van der Waals surface area contributed by atoms with Crippen molar-refractivity contribution in [1.29, 1.82) is 0 Å². The van der Waals surface area contributed by atoms with Gasteiger partial charge in [0, 0.05) is 38.3 Å². The Bertz CT molecular complexity index is 812. The number of carbonyl (C=O) groups excluding carboxylic acids is 1. The Morgan fingerprint density at radius 3 is 2.64 bits per heavy atom. The third-order valence-corrected chi connectivity index (χ3v) is 4.08. The Labute approximate surface area is 182 Å². The monoisotopic (exact) mass is 498 g/mol. The number of halogens is 1. The van der Waals surface area contributed by atoms with Gasteiger partial charge < -0.3 is 25.8 Å². The molecular weight excluding hydrogens is 471 g/mol. The minimum Gasteiger partial charge on any atom is -0.508 e. The van der Waals surface area contributed by atoms with Gasteiger partial charge in [-0.3, -0.25) is 9.79 Å². The quantitative estimate of drug-likeness (QED) is 0.267. The molecule has 0 aliphatic carbocycles. The number of ether oxygens (including phenoxy) is 1. The van der Waals surface area contributed by atoms with Crippen LogP contribution in [0.1, 0.15) is 21.5 Å². The summed E-state index contributed by atoms with van der Waals surface area (Å²) in [7, 11) is 4.89. The highest BCUT2D eigenvalue weighted by Crippen LogP contribution is 2.22. The third-order valence-electron chi connectivity index (χ3n) is 4.08. The summed E-state index contributed by atoms with van der Waals surface area (Å²) in [6.45, 7) is 1.07. The van der Waals surface area contributed by atoms with Crippen LogP contribution in [0.3, 0.4) is 0 Å². The van der Waals surface area contributed by atoms with Crippen LogP contribution >= 0.6 is 24.0 Å². The Hall–Kier alpha value is -2.49. The summed E-state index contributed by atoms with van der Waals surface area (Å²) in [6.07, 6.45) is 0.746. The van der Waals surface area contributed by atoms with Crippen molar-refractivity contribution in [3.05, 3.63) is 59.2 Å². The molecule has 2 rings (SSSR count). The Morgan fingerprint density at radius 2 is 1.96 bits per heavy atom. The number of hydrogen-bond donors (Lipinski definition) is 4. The van der Waals surface area contributed by atoms with Gasteiger partial charge in [0.1, 0.15) is 11.5 Å². The van der Waals surface area contributed by atoms with E-state index in [9.17, 15) is 9.90 Å². The fraction of sp³-hybridized carbons (Fsp3) is 0.300. The zero-order chi connectivity index (χ0) is 19.6. The summed E-state index contributed by atoms with van der Waals surface area (Å²) >= 11 is 0. The van der Waals surface area contributed by atoms with E-state index < -0.39 is 0 Å². The smallest absolute Gasteiger partial charge is 0.251 e. The van der Waals surface area contributed by atoms with Crippen molar-refractivity contribution in [3.8, 4) is 11.5 Å². The molecule has 8 heteroatoms. The Kier molecular flexibility index (Phi) is 10.1. The lowest BCUT2D eigenvalue weighted by Gasteiger charge is -2.13. The zero-order valence-electron chi connectivity index (χ0n) is 16.3. The molecule has 28 heavy (non-hydrogen) atoms. The molecule has 0 unspecified atom stereocenters. The summed E-state index contributed by atoms with van der Waals surface area (Å²) in [5.41, 5.74) is 2.42. The van der Waals surface area contributed by atoms with E-state index in [2.05, 4.69) is 20.9 Å². The lowest BCUT2D eigenvalue weighted by Crippen LogP contribution is -2.37. The summed E-state index contributed by atoms with van der Waals surface area (Å²) < 4.78 is 5.18. The number of amides is 1. The highest BCUT2D eigenvalue weighted by Gasteiger charge is 2.06. The molecule has 0 bridgehead atoms. The highest BCUT2D eigenvalue weighted by atomic mass is 127. The molecule has 0 aliphatic rings. The molecule has 0 heterocycles. The second kappa shape index (κ2) is 12.1. The number of phenols is 1. The Balaban J connectivity index is 0.00000392. The maximum Gasteiger partial charge on any atom is 0.251 e. The SMILES string of the molecule is CN=C(NCCc1cccc(C(=O)NC)c1)NCc1cc(OC)ccc1O.I. The lowest BCUT2D eigenvalue weighted by atomic mass is 10.1. The third kappa shape index (κ3) is 6.91. The second-order valence-corrected chi connectivity index (χ2v) is 5.88. The molecule has 7 nitrogen and oxygen atoms in total. The van der Waals surface area contributed by atoms with Crippen LogP contribution < -0.4 is 20.7 Å². The first-order chi connectivity index (χ1) is 13.1. The maximum absolute atomic E-state index is 11.7. The minimum atomic E-state index is -0.0969. The first-order valence-electron chi connectivity index (χ1n) is 8.68. The molecule has 1 amide bonds. The molecule has 0 fully saturated rings. The number of guanidine groups is 1. The standard InChI is InChI=1S/C20H26N4O3.HI/c1-21-19(26)15-6-4-5-14(11-15)9-10-23-20(22-2)24-13-16-12-17(27-3)7-8-18(16)25;/h4-8,11-12,25H,9-10,13H2,1-3H3,(H,21,26)(H2,22,23,24);1H. The first-order valence-corrected chi connectivity index (χ1v) is 8.68. The van der Waals surface area contributed by atoms with Gasteiger partial charge in [0.05, 0.1) is 7.11 Å². The van der Waals surface area contributed by atoms with Gasteiger partial charge in [-0.05, 0) is 42.3 Å². The number of methoxy groups -OCH3 is 1. The molecule has 2 aromatic rings. The minimum absolute atomic E-state index is 0. The van der Waals surface area contributed by atoms with Gasteiger partial charge >= 0.3 is 0 Å². The van der Waals surface area contributed by atoms with E-state index in [0.717, 1.165) is 17.5 Å². The van der Waals surface area contributed by atoms with Crippen LogP contribution in [0.25, 0.3) is 0 Å². The van der Waals surface area contributed by atoms with Crippen molar-refractivity contribution in [2.24, 2.45) is 4.99 Å². The number of benzene rings is 2. The van der Waals surface area contributed by atoms with Gasteiger partial charge in [0.2, 0.25) is 0 Å². The van der Waals surface area contributed by atoms with Gasteiger partial charge in [-0.15, -0.1) is 24.0 Å². The highest BCUT2D eigenvalue weighted by molar-refractivity contribution is 14.0. The number of nitrogens with one attached hydrogen (secondary N) is 3. The topological polar surface area (TPSA) is 95.0 Å². The number of aromatic hydroxyl groups is 1. The van der Waals surface area contributed by atoms with E-state index in [1.807, 2.05) is 18.2 Å². The second-order valence-electron chi connectivity index (χ2n) is 5.88. The van der Waals surface area contributed by atoms with Crippen LogP contribution in [0.5, 0.6) is 11.5 Å². The van der Waals surface area contributed by atoms with Gasteiger partial charge in [-0.25, -0.2) is 0 Å². The molecule has 0 saturated heterocycles. The predicted molar refractivity (Wildman–Crippen MR) is 122 cm³/mol. The van der Waals surface area contributed by atoms with Crippen LogP contribution in [0, 0.1) is 0 Å². The van der Waals surface area contributed by atoms with Crippen molar-refractivity contribution in [2.75, 3.05) is 27.7 Å². The van der Waals surface area contributed by atoms with Gasteiger partial charge in [0.25, 0.3) is 5.91 Å². The number of rotatable bonds is 7. The van der Waals surface area contributed by atoms with E-state index in [1.165, 1.54) is 0 Å². The van der Waals surface area contributed by atoms with E-state index >= 15 is 0 Å². The van der Waals surface area contributed by atoms with Gasteiger partial charge in [0.15, 0.2) is 5.96 Å². The van der Waals surface area contributed by atoms with E-state index in [0.29, 0.717) is 30.4 Å². The first kappa shape index (κ1) is 23.5. The fourth-order valence-electron chi connectivity index (χ4n) is 2.57. The molecule has 0 radical (unpaired) electrons. The molecule has 0 aliphatic heterocycles. The van der Waals surface area contributed by atoms with Crippen LogP contribution in [0.15, 0.2) is 47.5 Å². The zero-order valence-corrected chi connectivity index (χ0v) is 18.6. The number of phenolic OH excluding ortho intramolecular Hbond substituents is 1. The van der Waals surface area contributed by atoms with Crippen molar-refractivity contribution in [2.45, 2.75) is 13.0 Å². The largest absolute Gasteiger partial charge is 0.508 e. The number of carbonyl (C=O) groups is 1. The number of hydrogen-bond acceptors (Lipinski definition) is 4. The van der Waals surface area contributed by atoms with Crippen LogP contribution in [0.2, 0.25) is 0 Å². The maximum atomic E-state index is 11.7. The number of aliphatic imine (C=N–C) groups is 1. The average molecular weight is 498 g/mol. The molecular formula is C20H27IN4O3. The molecule has 0 aromatic heterocycles. The van der Waals surface area contributed by atoms with Gasteiger partial charge in [-0.2, -0.15) is 0 Å². The number of nitrogens with zero attached hydrogens (tertiary/aromatic N) is 1. The summed E-state index contributed by atoms with van der Waals surface area (Å²) in [6, 6.07) is 12.6. The van der Waals surface area contributed by atoms with E-state index in [4.69, 9.17) is 4.74 Å². The van der Waals surface area contributed by atoms with Crippen molar-refractivity contribution < 1.29 is 14.6 Å². The molecule has 0 saturated carbocycles. The van der Waals surface area contributed by atoms with E-state index in [1.54, 1.807) is 45.5 Å². The normalized spacial score (nSPS) is 10.6. The van der Waals surface area contributed by atoms with Crippen molar-refractivity contribution in [3.63, 3.8) is 0 Å². The predicted octanol–water partition coefficient (Wildman–Crippen LogP) is 2.29. The average Bonchev–Trinajstić information content (AvgIpc) is 2.71. The molecule has 152 valence electrons. The Morgan fingerprint density at radius 1 is 1.18 bits per heavy atom. The van der Waals surface area contributed by atoms with Gasteiger partial charge in [-0.1, -0.05) is 12.1 Å². The van der Waals surface area contributed by atoms with Crippen LogP contribution in [0.4, 0.5) is 0 Å². The summed E-state index contributed by atoms with van der Waals surface area (Å²) in [5, 5.41) is 19.0. The van der Waals surface area contributed by atoms with Crippen molar-refractivity contribution in [1.82, 2.24) is 16.0 Å².